The molecule has 1 amide bonds. The van der Waals surface area contributed by atoms with Crippen LogP contribution in [0.5, 0.6) is 0 Å². The van der Waals surface area contributed by atoms with Gasteiger partial charge in [0.15, 0.2) is 0 Å². The molecule has 0 spiro atoms. The minimum Gasteiger partial charge on any atom is -0.321 e. The summed E-state index contributed by atoms with van der Waals surface area (Å²) >= 11 is 1.74. The highest BCUT2D eigenvalue weighted by atomic mass is 32.2. The third-order valence-corrected chi connectivity index (χ3v) is 6.22. The van der Waals surface area contributed by atoms with E-state index in [1.54, 1.807) is 11.8 Å². The zero-order valence-corrected chi connectivity index (χ0v) is 17.5. The third kappa shape index (κ3) is 4.89. The summed E-state index contributed by atoms with van der Waals surface area (Å²) in [5.74, 6) is 0.912. The molecule has 0 aromatic heterocycles. The molecule has 0 fully saturated rings. The molecule has 148 valence electrons. The van der Waals surface area contributed by atoms with E-state index in [9.17, 15) is 4.79 Å². The number of hydrogen-bond donors (Lipinski definition) is 1. The van der Waals surface area contributed by atoms with Gasteiger partial charge < -0.3 is 5.32 Å². The molecule has 0 saturated carbocycles. The van der Waals surface area contributed by atoms with Crippen LogP contribution in [0.4, 0.5) is 5.69 Å². The number of nitrogens with zero attached hydrogens (tertiary/aromatic N) is 1. The van der Waals surface area contributed by atoms with Gasteiger partial charge in [0, 0.05) is 30.1 Å². The summed E-state index contributed by atoms with van der Waals surface area (Å²) in [6.45, 7) is 5.09. The van der Waals surface area contributed by atoms with Gasteiger partial charge in [-0.15, -0.1) is 11.8 Å². The highest BCUT2D eigenvalue weighted by Gasteiger charge is 2.16. The van der Waals surface area contributed by atoms with E-state index in [2.05, 4.69) is 53.5 Å². The molecule has 0 aliphatic carbocycles. The van der Waals surface area contributed by atoms with Gasteiger partial charge in [0.25, 0.3) is 5.91 Å². The summed E-state index contributed by atoms with van der Waals surface area (Å²) in [6.07, 6.45) is 1.10. The minimum absolute atomic E-state index is 0.0624. The SMILES string of the molecule is CCSc1ccccc1NC(=O)c1ccc(CN2CCc3ccccc3C2)cc1. The van der Waals surface area contributed by atoms with Crippen LogP contribution in [0.15, 0.2) is 77.7 Å². The van der Waals surface area contributed by atoms with E-state index in [0.717, 1.165) is 42.4 Å². The molecule has 3 aromatic rings. The normalized spacial score (nSPS) is 13.7. The molecule has 0 saturated heterocycles. The molecule has 0 radical (unpaired) electrons. The molecule has 1 N–H and O–H groups in total. The molecule has 0 unspecified atom stereocenters. The maximum Gasteiger partial charge on any atom is 0.255 e. The van der Waals surface area contributed by atoms with Gasteiger partial charge in [0.2, 0.25) is 0 Å². The Bertz CT molecular complexity index is 984. The van der Waals surface area contributed by atoms with E-state index < -0.39 is 0 Å². The van der Waals surface area contributed by atoms with Gasteiger partial charge in [0.1, 0.15) is 0 Å². The Hall–Kier alpha value is -2.56. The monoisotopic (exact) mass is 402 g/mol. The topological polar surface area (TPSA) is 32.3 Å². The predicted octanol–water partition coefficient (Wildman–Crippen LogP) is 5.61. The van der Waals surface area contributed by atoms with Crippen LogP contribution in [0.1, 0.15) is 34.0 Å². The number of carbonyl (C=O) groups excluding carboxylic acids is 1. The van der Waals surface area contributed by atoms with Crippen molar-refractivity contribution in [3.05, 3.63) is 95.1 Å². The first-order valence-corrected chi connectivity index (χ1v) is 11.1. The Morgan fingerprint density at radius 1 is 0.966 bits per heavy atom. The average molecular weight is 403 g/mol. The Kier molecular flexibility index (Phi) is 6.33. The Labute approximate surface area is 177 Å². The van der Waals surface area contributed by atoms with Crippen LogP contribution in [0.25, 0.3) is 0 Å². The van der Waals surface area contributed by atoms with Gasteiger partial charge in [-0.05, 0) is 53.1 Å². The Morgan fingerprint density at radius 2 is 1.69 bits per heavy atom. The van der Waals surface area contributed by atoms with Crippen molar-refractivity contribution in [2.75, 3.05) is 17.6 Å². The molecule has 0 atom stereocenters. The zero-order chi connectivity index (χ0) is 20.1. The van der Waals surface area contributed by atoms with Crippen molar-refractivity contribution in [2.45, 2.75) is 31.3 Å². The number of rotatable bonds is 6. The van der Waals surface area contributed by atoms with Crippen molar-refractivity contribution in [1.29, 1.82) is 0 Å². The number of thioether (sulfide) groups is 1. The van der Waals surface area contributed by atoms with E-state index in [0.29, 0.717) is 5.56 Å². The summed E-state index contributed by atoms with van der Waals surface area (Å²) in [6, 6.07) is 24.7. The van der Waals surface area contributed by atoms with Gasteiger partial charge >= 0.3 is 0 Å². The summed E-state index contributed by atoms with van der Waals surface area (Å²) in [5, 5.41) is 3.05. The van der Waals surface area contributed by atoms with Crippen molar-refractivity contribution in [2.24, 2.45) is 0 Å². The van der Waals surface area contributed by atoms with Crippen molar-refractivity contribution in [3.63, 3.8) is 0 Å². The van der Waals surface area contributed by atoms with Crippen LogP contribution in [-0.2, 0) is 19.5 Å². The molecule has 0 bridgehead atoms. The number of nitrogens with one attached hydrogen (secondary N) is 1. The van der Waals surface area contributed by atoms with E-state index in [1.807, 2.05) is 36.4 Å². The lowest BCUT2D eigenvalue weighted by Gasteiger charge is -2.28. The van der Waals surface area contributed by atoms with Crippen molar-refractivity contribution < 1.29 is 4.79 Å². The second kappa shape index (κ2) is 9.29. The van der Waals surface area contributed by atoms with Gasteiger partial charge in [-0.25, -0.2) is 0 Å². The second-order valence-electron chi connectivity index (χ2n) is 7.31. The molecule has 1 aliphatic heterocycles. The van der Waals surface area contributed by atoms with Crippen LogP contribution in [-0.4, -0.2) is 23.1 Å². The number of para-hydroxylation sites is 1. The fraction of sp³-hybridized carbons (Fsp3) is 0.240. The lowest BCUT2D eigenvalue weighted by atomic mass is 9.99. The Balaban J connectivity index is 1.39. The first-order chi connectivity index (χ1) is 14.2. The first kappa shape index (κ1) is 19.7. The van der Waals surface area contributed by atoms with Crippen LogP contribution in [0.3, 0.4) is 0 Å². The van der Waals surface area contributed by atoms with E-state index in [4.69, 9.17) is 0 Å². The maximum atomic E-state index is 12.7. The fourth-order valence-electron chi connectivity index (χ4n) is 3.75. The molecular formula is C25H26N2OS. The number of anilines is 1. The molecular weight excluding hydrogens is 376 g/mol. The minimum atomic E-state index is -0.0624. The van der Waals surface area contributed by atoms with Gasteiger partial charge in [-0.2, -0.15) is 0 Å². The van der Waals surface area contributed by atoms with Crippen molar-refractivity contribution in [3.8, 4) is 0 Å². The molecule has 1 aliphatic rings. The second-order valence-corrected chi connectivity index (χ2v) is 8.62. The van der Waals surface area contributed by atoms with E-state index >= 15 is 0 Å². The lowest BCUT2D eigenvalue weighted by Crippen LogP contribution is -2.29. The summed E-state index contributed by atoms with van der Waals surface area (Å²) in [4.78, 5) is 16.2. The van der Waals surface area contributed by atoms with Gasteiger partial charge in [0.05, 0.1) is 5.69 Å². The summed E-state index contributed by atoms with van der Waals surface area (Å²) in [7, 11) is 0. The number of hydrogen-bond acceptors (Lipinski definition) is 3. The van der Waals surface area contributed by atoms with Gasteiger partial charge in [-0.3, -0.25) is 9.69 Å². The van der Waals surface area contributed by atoms with Crippen molar-refractivity contribution in [1.82, 2.24) is 4.90 Å². The van der Waals surface area contributed by atoms with Crippen LogP contribution in [0.2, 0.25) is 0 Å². The van der Waals surface area contributed by atoms with E-state index in [1.165, 1.54) is 16.7 Å². The molecule has 3 nitrogen and oxygen atoms in total. The molecule has 4 heteroatoms. The zero-order valence-electron chi connectivity index (χ0n) is 16.7. The molecule has 3 aromatic carbocycles. The van der Waals surface area contributed by atoms with Crippen LogP contribution < -0.4 is 5.32 Å². The quantitative estimate of drug-likeness (QED) is 0.544. The smallest absolute Gasteiger partial charge is 0.255 e. The van der Waals surface area contributed by atoms with Crippen LogP contribution in [0, 0.1) is 0 Å². The third-order valence-electron chi connectivity index (χ3n) is 5.27. The maximum absolute atomic E-state index is 12.7. The fourth-order valence-corrected chi connectivity index (χ4v) is 4.51. The average Bonchev–Trinajstić information content (AvgIpc) is 2.76. The largest absolute Gasteiger partial charge is 0.321 e. The molecule has 4 rings (SSSR count). The molecule has 1 heterocycles. The number of benzene rings is 3. The van der Waals surface area contributed by atoms with Crippen LogP contribution >= 0.6 is 11.8 Å². The summed E-state index contributed by atoms with van der Waals surface area (Å²) in [5.41, 5.74) is 5.70. The lowest BCUT2D eigenvalue weighted by molar-refractivity contribution is 0.102. The number of amides is 1. The summed E-state index contributed by atoms with van der Waals surface area (Å²) < 4.78 is 0. The van der Waals surface area contributed by atoms with Crippen molar-refractivity contribution >= 4 is 23.4 Å². The Morgan fingerprint density at radius 3 is 2.48 bits per heavy atom. The van der Waals surface area contributed by atoms with Gasteiger partial charge in [-0.1, -0.05) is 55.5 Å². The first-order valence-electron chi connectivity index (χ1n) is 10.1. The number of carbonyl (C=O) groups is 1. The molecule has 29 heavy (non-hydrogen) atoms. The number of fused-ring (bicyclic) bond motifs is 1. The highest BCUT2D eigenvalue weighted by molar-refractivity contribution is 7.99. The predicted molar refractivity (Wildman–Crippen MR) is 121 cm³/mol. The van der Waals surface area contributed by atoms with E-state index in [-0.39, 0.29) is 5.91 Å². The standard InChI is InChI=1S/C25H26N2OS/c1-2-29-24-10-6-5-9-23(24)26-25(28)21-13-11-19(12-14-21)17-27-16-15-20-7-3-4-8-22(20)18-27/h3-14H,2,15-18H2,1H3,(H,26,28). The highest BCUT2D eigenvalue weighted by Crippen LogP contribution is 2.27.